The van der Waals surface area contributed by atoms with E-state index < -0.39 is 17.8 Å². The number of carbonyl (C=O) groups is 1. The molecule has 1 atom stereocenters. The average Bonchev–Trinajstić information content (AvgIpc) is 3.64. The number of aldehydes is 1. The fourth-order valence-corrected chi connectivity index (χ4v) is 4.60. The monoisotopic (exact) mass is 535 g/mol. The third-order valence-electron chi connectivity index (χ3n) is 7.15. The van der Waals surface area contributed by atoms with Crippen molar-refractivity contribution in [1.29, 1.82) is 0 Å². The van der Waals surface area contributed by atoms with Crippen molar-refractivity contribution in [3.63, 3.8) is 0 Å². The van der Waals surface area contributed by atoms with Crippen molar-refractivity contribution in [1.82, 2.24) is 15.1 Å². The quantitative estimate of drug-likeness (QED) is 0.139. The second-order valence-electron chi connectivity index (χ2n) is 9.60. The molecule has 38 heavy (non-hydrogen) atoms. The van der Waals surface area contributed by atoms with Crippen LogP contribution in [0.1, 0.15) is 46.5 Å². The zero-order valence-corrected chi connectivity index (χ0v) is 22.7. The lowest BCUT2D eigenvalue weighted by molar-refractivity contribution is -0.104. The van der Waals surface area contributed by atoms with Crippen molar-refractivity contribution in [2.24, 2.45) is 16.1 Å². The number of nitrogens with one attached hydrogen (secondary N) is 1. The van der Waals surface area contributed by atoms with Crippen LogP contribution in [0, 0.1) is 5.41 Å². The first-order valence-electron chi connectivity index (χ1n) is 12.7. The molecule has 3 aliphatic rings. The van der Waals surface area contributed by atoms with Crippen molar-refractivity contribution in [3.05, 3.63) is 71.5 Å². The second-order valence-corrected chi connectivity index (χ2v) is 9.60. The number of hydrogen-bond donors (Lipinski definition) is 3. The van der Waals surface area contributed by atoms with Gasteiger partial charge in [0.1, 0.15) is 11.7 Å². The Balaban J connectivity index is 0.00000247. The van der Waals surface area contributed by atoms with Crippen LogP contribution in [0.2, 0.25) is 0 Å². The van der Waals surface area contributed by atoms with E-state index in [0.29, 0.717) is 46.7 Å². The zero-order chi connectivity index (χ0) is 28.7. The van der Waals surface area contributed by atoms with Gasteiger partial charge in [0, 0.05) is 50.4 Å². The largest absolute Gasteiger partial charge is 0.417 e. The van der Waals surface area contributed by atoms with Crippen LogP contribution < -0.4 is 11.1 Å². The summed E-state index contributed by atoms with van der Waals surface area (Å²) in [6.07, 6.45) is 6.03. The SMILES string of the molecule is C=C(/C=C(\N)N1CCC2(CC1)CC2)N1C=C(C(F)(F)F)C=C(C(C)NC(=NCC)/C(C=O)=C\C)C1=C.CO. The van der Waals surface area contributed by atoms with E-state index in [1.165, 1.54) is 17.7 Å². The molecule has 1 spiro atoms. The van der Waals surface area contributed by atoms with Crippen molar-refractivity contribution >= 4 is 12.1 Å². The summed E-state index contributed by atoms with van der Waals surface area (Å²) in [4.78, 5) is 19.1. The lowest BCUT2D eigenvalue weighted by Crippen LogP contribution is -2.39. The van der Waals surface area contributed by atoms with Crippen molar-refractivity contribution < 1.29 is 23.1 Å². The number of carbonyl (C=O) groups excluding carboxylic acids is 1. The molecule has 2 fully saturated rings. The molecule has 4 N–H and O–H groups in total. The summed E-state index contributed by atoms with van der Waals surface area (Å²) in [6.45, 7) is 15.3. The Morgan fingerprint density at radius 1 is 1.29 bits per heavy atom. The molecular weight excluding hydrogens is 495 g/mol. The maximum Gasteiger partial charge on any atom is 0.417 e. The normalized spacial score (nSPS) is 20.7. The maximum atomic E-state index is 13.8. The van der Waals surface area contributed by atoms with Crippen LogP contribution >= 0.6 is 0 Å². The highest BCUT2D eigenvalue weighted by Crippen LogP contribution is 2.53. The molecule has 1 saturated carbocycles. The molecular formula is C28H40F3N5O2. The number of hydrogen-bond acceptors (Lipinski definition) is 6. The molecule has 0 radical (unpaired) electrons. The molecule has 1 unspecified atom stereocenters. The Morgan fingerprint density at radius 3 is 2.37 bits per heavy atom. The molecule has 0 amide bonds. The minimum Gasteiger partial charge on any atom is -0.400 e. The number of halogens is 3. The van der Waals surface area contributed by atoms with E-state index in [0.717, 1.165) is 45.3 Å². The highest BCUT2D eigenvalue weighted by atomic mass is 19.4. The molecule has 1 aliphatic carbocycles. The van der Waals surface area contributed by atoms with Crippen LogP contribution in [-0.2, 0) is 4.79 Å². The van der Waals surface area contributed by atoms with Gasteiger partial charge in [-0.3, -0.25) is 9.79 Å². The molecule has 7 nitrogen and oxygen atoms in total. The van der Waals surface area contributed by atoms with Gasteiger partial charge in [0.25, 0.3) is 0 Å². The van der Waals surface area contributed by atoms with Gasteiger partial charge >= 0.3 is 6.18 Å². The Kier molecular flexibility index (Phi) is 10.6. The lowest BCUT2D eigenvalue weighted by Gasteiger charge is -2.35. The molecule has 2 heterocycles. The molecule has 0 bridgehead atoms. The van der Waals surface area contributed by atoms with E-state index in [-0.39, 0.29) is 5.70 Å². The average molecular weight is 536 g/mol. The molecule has 0 aromatic heterocycles. The van der Waals surface area contributed by atoms with Gasteiger partial charge in [-0.15, -0.1) is 0 Å². The molecule has 1 saturated heterocycles. The van der Waals surface area contributed by atoms with E-state index in [2.05, 4.69) is 28.4 Å². The standard InChI is InChI=1S/C27H36F3N5O.CH4O/c1-6-21(17-36)25(32-7-2)33-19(4)23-15-22(27(28,29)30)16-35(20(23)5)18(3)14-24(31)34-12-10-26(8-9-26)11-13-34;1-2/h6,14-17,19H,3,5,7-13,31H2,1-2,4H3,(H,32,33);2H,1H3/b21-6-,24-14+;. The van der Waals surface area contributed by atoms with E-state index in [9.17, 15) is 18.0 Å². The number of likely N-dealkylation sites (tertiary alicyclic amines) is 1. The fourth-order valence-electron chi connectivity index (χ4n) is 4.60. The molecule has 0 aromatic carbocycles. The molecule has 3 rings (SSSR count). The summed E-state index contributed by atoms with van der Waals surface area (Å²) >= 11 is 0. The zero-order valence-electron chi connectivity index (χ0n) is 22.7. The summed E-state index contributed by atoms with van der Waals surface area (Å²) in [7, 11) is 1.00. The van der Waals surface area contributed by atoms with Gasteiger partial charge in [-0.2, -0.15) is 13.2 Å². The van der Waals surface area contributed by atoms with Gasteiger partial charge in [0.05, 0.1) is 17.2 Å². The third-order valence-corrected chi connectivity index (χ3v) is 7.15. The molecule has 10 heteroatoms. The number of nitrogens with zero attached hydrogens (tertiary/aromatic N) is 3. The Morgan fingerprint density at radius 2 is 1.89 bits per heavy atom. The van der Waals surface area contributed by atoms with Gasteiger partial charge in [0.2, 0.25) is 0 Å². The maximum absolute atomic E-state index is 13.8. The van der Waals surface area contributed by atoms with Crippen LogP contribution in [0.15, 0.2) is 76.5 Å². The molecule has 2 aliphatic heterocycles. The Bertz CT molecular complexity index is 1050. The second kappa shape index (κ2) is 13.0. The molecule has 210 valence electrons. The van der Waals surface area contributed by atoms with Gasteiger partial charge in [-0.05, 0) is 63.5 Å². The van der Waals surface area contributed by atoms with E-state index in [1.54, 1.807) is 26.0 Å². The number of allylic oxidation sites excluding steroid dienone is 4. The fraction of sp³-hybridized carbons (Fsp3) is 0.500. The van der Waals surface area contributed by atoms with Crippen LogP contribution in [0.25, 0.3) is 0 Å². The van der Waals surface area contributed by atoms with Crippen LogP contribution in [0.3, 0.4) is 0 Å². The summed E-state index contributed by atoms with van der Waals surface area (Å²) in [5.41, 5.74) is 7.22. The number of aliphatic imine (C=N–C) groups is 1. The van der Waals surface area contributed by atoms with Gasteiger partial charge < -0.3 is 26.0 Å². The summed E-state index contributed by atoms with van der Waals surface area (Å²) in [6, 6.07) is -0.628. The number of rotatable bonds is 8. The van der Waals surface area contributed by atoms with Crippen molar-refractivity contribution in [2.75, 3.05) is 26.7 Å². The first-order valence-corrected chi connectivity index (χ1v) is 12.7. The first-order chi connectivity index (χ1) is 17.9. The Hall–Kier alpha value is -3.27. The smallest absolute Gasteiger partial charge is 0.400 e. The summed E-state index contributed by atoms with van der Waals surface area (Å²) < 4.78 is 41.5. The number of aliphatic hydroxyl groups excluding tert-OH is 1. The number of amidine groups is 1. The number of piperidine rings is 1. The van der Waals surface area contributed by atoms with Crippen LogP contribution in [-0.4, -0.2) is 66.0 Å². The number of aliphatic hydroxyl groups is 1. The number of nitrogens with two attached hydrogens (primary N) is 1. The molecule has 0 aromatic rings. The third kappa shape index (κ3) is 7.40. The minimum atomic E-state index is -4.58. The Labute approximate surface area is 223 Å². The predicted octanol–water partition coefficient (Wildman–Crippen LogP) is 4.53. The van der Waals surface area contributed by atoms with Crippen molar-refractivity contribution in [2.45, 2.75) is 58.7 Å². The van der Waals surface area contributed by atoms with Crippen LogP contribution in [0.5, 0.6) is 0 Å². The van der Waals surface area contributed by atoms with E-state index in [1.807, 2.05) is 6.92 Å². The van der Waals surface area contributed by atoms with Crippen LogP contribution in [0.4, 0.5) is 13.2 Å². The van der Waals surface area contributed by atoms with Gasteiger partial charge in [-0.25, -0.2) is 0 Å². The van der Waals surface area contributed by atoms with Gasteiger partial charge in [-0.1, -0.05) is 19.2 Å². The topological polar surface area (TPSA) is 94.2 Å². The highest BCUT2D eigenvalue weighted by molar-refractivity contribution is 6.13. The highest BCUT2D eigenvalue weighted by Gasteiger charge is 2.44. The number of alkyl halides is 3. The van der Waals surface area contributed by atoms with Gasteiger partial charge in [0.15, 0.2) is 6.29 Å². The summed E-state index contributed by atoms with van der Waals surface area (Å²) in [5.74, 6) is 0.793. The van der Waals surface area contributed by atoms with Crippen molar-refractivity contribution in [3.8, 4) is 0 Å². The van der Waals surface area contributed by atoms with E-state index >= 15 is 0 Å². The summed E-state index contributed by atoms with van der Waals surface area (Å²) in [5, 5.41) is 10.1. The minimum absolute atomic E-state index is 0.285. The first kappa shape index (κ1) is 31.0. The van der Waals surface area contributed by atoms with E-state index in [4.69, 9.17) is 10.8 Å². The lowest BCUT2D eigenvalue weighted by atomic mass is 9.94. The predicted molar refractivity (Wildman–Crippen MR) is 146 cm³/mol.